The van der Waals surface area contributed by atoms with Crippen LogP contribution in [0.5, 0.6) is 0 Å². The van der Waals surface area contributed by atoms with E-state index in [2.05, 4.69) is 18.1 Å². The van der Waals surface area contributed by atoms with Gasteiger partial charge in [-0.3, -0.25) is 24.2 Å². The Kier molecular flexibility index (Phi) is 4.79. The van der Waals surface area contributed by atoms with Gasteiger partial charge in [0.15, 0.2) is 11.6 Å². The summed E-state index contributed by atoms with van der Waals surface area (Å²) >= 11 is 0. The van der Waals surface area contributed by atoms with E-state index in [9.17, 15) is 19.2 Å². The van der Waals surface area contributed by atoms with Crippen molar-refractivity contribution in [1.29, 1.82) is 0 Å². The highest BCUT2D eigenvalue weighted by molar-refractivity contribution is 6.14. The van der Waals surface area contributed by atoms with Gasteiger partial charge in [0.1, 0.15) is 11.8 Å². The number of nitrogens with zero attached hydrogens (tertiary/aromatic N) is 3. The van der Waals surface area contributed by atoms with Crippen molar-refractivity contribution in [2.24, 2.45) is 11.8 Å². The maximum atomic E-state index is 12.7. The maximum absolute atomic E-state index is 12.7. The molecule has 0 bridgehead atoms. The predicted molar refractivity (Wildman–Crippen MR) is 92.9 cm³/mol. The second-order valence-corrected chi connectivity index (χ2v) is 6.30. The number of Topliss-reactive ketones (excluding diaryl/α,β-unsaturated/α-hetero) is 2. The molecule has 0 saturated carbocycles. The monoisotopic (exact) mass is 353 g/mol. The number of pyridine rings is 1. The number of aromatic nitrogens is 1. The highest BCUT2D eigenvalue weighted by atomic mass is 16.2. The third-order valence-electron chi connectivity index (χ3n) is 4.86. The van der Waals surface area contributed by atoms with Gasteiger partial charge in [-0.1, -0.05) is 13.2 Å². The summed E-state index contributed by atoms with van der Waals surface area (Å²) in [4.78, 5) is 56.5. The number of rotatable bonds is 6. The summed E-state index contributed by atoms with van der Waals surface area (Å²) < 4.78 is 0. The lowest BCUT2D eigenvalue weighted by Gasteiger charge is -2.12. The summed E-state index contributed by atoms with van der Waals surface area (Å²) in [7, 11) is 0. The minimum Gasteiger partial charge on any atom is -0.319 e. The van der Waals surface area contributed by atoms with Crippen molar-refractivity contribution in [3.05, 3.63) is 55.1 Å². The Hall–Kier alpha value is -3.09. The van der Waals surface area contributed by atoms with Crippen molar-refractivity contribution in [2.75, 3.05) is 13.1 Å². The first-order chi connectivity index (χ1) is 12.5. The minimum absolute atomic E-state index is 0.200. The second kappa shape index (κ2) is 7.03. The van der Waals surface area contributed by atoms with Crippen LogP contribution in [0.2, 0.25) is 0 Å². The van der Waals surface area contributed by atoms with Crippen LogP contribution in [0.15, 0.2) is 44.0 Å². The highest BCUT2D eigenvalue weighted by Crippen LogP contribution is 2.25. The standard InChI is InChI=1S/C19H19N3O4/c1-3-21-7-5-14(18(21)25)16(23)12-9-13(11-20-10-12)17(24)15-6-8-22(4-2)19(15)26/h3-4,9-11,14-15H,1-2,5-8H2. The first-order valence-corrected chi connectivity index (χ1v) is 8.37. The quantitative estimate of drug-likeness (QED) is 0.570. The SMILES string of the molecule is C=CN1CCC(C(=O)c2cncc(C(=O)C3CCN(C=C)C3=O)c2)C1=O. The number of amides is 2. The van der Waals surface area contributed by atoms with Crippen molar-refractivity contribution < 1.29 is 19.2 Å². The van der Waals surface area contributed by atoms with E-state index in [1.165, 1.54) is 40.7 Å². The van der Waals surface area contributed by atoms with Crippen molar-refractivity contribution in [2.45, 2.75) is 12.8 Å². The fraction of sp³-hybridized carbons (Fsp3) is 0.316. The van der Waals surface area contributed by atoms with Crippen LogP contribution in [0.25, 0.3) is 0 Å². The van der Waals surface area contributed by atoms with Crippen LogP contribution in [-0.4, -0.2) is 51.3 Å². The smallest absolute Gasteiger partial charge is 0.237 e. The molecule has 2 amide bonds. The topological polar surface area (TPSA) is 87.7 Å². The summed E-state index contributed by atoms with van der Waals surface area (Å²) in [5.74, 6) is -2.91. The van der Waals surface area contributed by atoms with E-state index in [0.29, 0.717) is 25.9 Å². The Labute approximate surface area is 151 Å². The van der Waals surface area contributed by atoms with Crippen molar-refractivity contribution in [1.82, 2.24) is 14.8 Å². The summed E-state index contributed by atoms with van der Waals surface area (Å²) in [6.07, 6.45) is 6.30. The average molecular weight is 353 g/mol. The zero-order valence-electron chi connectivity index (χ0n) is 14.3. The summed E-state index contributed by atoms with van der Waals surface area (Å²) in [6, 6.07) is 1.42. The van der Waals surface area contributed by atoms with Crippen LogP contribution >= 0.6 is 0 Å². The molecule has 2 saturated heterocycles. The van der Waals surface area contributed by atoms with Gasteiger partial charge < -0.3 is 9.80 Å². The van der Waals surface area contributed by atoms with Crippen LogP contribution in [0, 0.1) is 11.8 Å². The molecular weight excluding hydrogens is 334 g/mol. The molecule has 2 atom stereocenters. The number of hydrogen-bond acceptors (Lipinski definition) is 5. The number of carbonyl (C=O) groups is 4. The van der Waals surface area contributed by atoms with E-state index in [4.69, 9.17) is 0 Å². The Bertz CT molecular complexity index is 754. The van der Waals surface area contributed by atoms with Crippen molar-refractivity contribution >= 4 is 23.4 Å². The maximum Gasteiger partial charge on any atom is 0.237 e. The van der Waals surface area contributed by atoms with Gasteiger partial charge in [-0.05, 0) is 31.3 Å². The third-order valence-corrected chi connectivity index (χ3v) is 4.86. The van der Waals surface area contributed by atoms with Crippen LogP contribution in [0.3, 0.4) is 0 Å². The third kappa shape index (κ3) is 2.96. The van der Waals surface area contributed by atoms with E-state index in [1.807, 2.05) is 0 Å². The molecule has 3 heterocycles. The molecule has 0 N–H and O–H groups in total. The molecule has 134 valence electrons. The molecule has 0 spiro atoms. The molecule has 0 aliphatic carbocycles. The number of ketones is 2. The van der Waals surface area contributed by atoms with Crippen LogP contribution in [0.4, 0.5) is 0 Å². The molecule has 0 radical (unpaired) electrons. The molecule has 1 aromatic rings. The molecule has 0 aromatic carbocycles. The van der Waals surface area contributed by atoms with Crippen LogP contribution in [0.1, 0.15) is 33.6 Å². The first-order valence-electron chi connectivity index (χ1n) is 8.37. The predicted octanol–water partition coefficient (Wildman–Crippen LogP) is 1.43. The largest absolute Gasteiger partial charge is 0.319 e. The lowest BCUT2D eigenvalue weighted by Crippen LogP contribution is -2.28. The van der Waals surface area contributed by atoms with Crippen molar-refractivity contribution in [3.63, 3.8) is 0 Å². The Morgan fingerprint density at radius 3 is 1.69 bits per heavy atom. The first kappa shape index (κ1) is 17.7. The zero-order chi connectivity index (χ0) is 18.8. The Morgan fingerprint density at radius 2 is 1.35 bits per heavy atom. The molecule has 26 heavy (non-hydrogen) atoms. The molecule has 2 aliphatic heterocycles. The molecule has 1 aromatic heterocycles. The molecule has 2 unspecified atom stereocenters. The normalized spacial score (nSPS) is 22.6. The average Bonchev–Trinajstić information content (AvgIpc) is 3.22. The Morgan fingerprint density at radius 1 is 0.923 bits per heavy atom. The molecule has 7 nitrogen and oxygen atoms in total. The van der Waals surface area contributed by atoms with Gasteiger partial charge in [0.2, 0.25) is 11.8 Å². The van der Waals surface area contributed by atoms with Gasteiger partial charge in [-0.15, -0.1) is 0 Å². The lowest BCUT2D eigenvalue weighted by molar-refractivity contribution is -0.128. The van der Waals surface area contributed by atoms with Gasteiger partial charge in [0, 0.05) is 36.6 Å². The lowest BCUT2D eigenvalue weighted by atomic mass is 9.93. The minimum atomic E-state index is -0.787. The summed E-state index contributed by atoms with van der Waals surface area (Å²) in [6.45, 7) is 8.00. The number of carbonyl (C=O) groups excluding carboxylic acids is 4. The van der Waals surface area contributed by atoms with Gasteiger partial charge in [-0.25, -0.2) is 0 Å². The van der Waals surface area contributed by atoms with Gasteiger partial charge in [0.25, 0.3) is 0 Å². The molecule has 2 fully saturated rings. The van der Waals surface area contributed by atoms with E-state index in [1.54, 1.807) is 0 Å². The van der Waals surface area contributed by atoms with E-state index in [0.717, 1.165) is 0 Å². The molecule has 7 heteroatoms. The van der Waals surface area contributed by atoms with Crippen molar-refractivity contribution in [3.8, 4) is 0 Å². The van der Waals surface area contributed by atoms with E-state index >= 15 is 0 Å². The van der Waals surface area contributed by atoms with Gasteiger partial charge >= 0.3 is 0 Å². The van der Waals surface area contributed by atoms with Gasteiger partial charge in [0.05, 0.1) is 0 Å². The fourth-order valence-electron chi connectivity index (χ4n) is 3.36. The summed E-state index contributed by atoms with van der Waals surface area (Å²) in [5.41, 5.74) is 0.400. The van der Waals surface area contributed by atoms with E-state index in [-0.39, 0.29) is 34.5 Å². The molecule has 2 aliphatic rings. The molecule has 3 rings (SSSR count). The second-order valence-electron chi connectivity index (χ2n) is 6.30. The highest BCUT2D eigenvalue weighted by Gasteiger charge is 2.38. The van der Waals surface area contributed by atoms with E-state index < -0.39 is 11.8 Å². The molecular formula is C19H19N3O4. The fourth-order valence-corrected chi connectivity index (χ4v) is 3.36. The Balaban J connectivity index is 1.80. The zero-order valence-corrected chi connectivity index (χ0v) is 14.3. The van der Waals surface area contributed by atoms with Crippen LogP contribution in [-0.2, 0) is 9.59 Å². The van der Waals surface area contributed by atoms with Gasteiger partial charge in [-0.2, -0.15) is 0 Å². The summed E-state index contributed by atoms with van der Waals surface area (Å²) in [5, 5.41) is 0. The number of likely N-dealkylation sites (tertiary alicyclic amines) is 2. The van der Waals surface area contributed by atoms with Crippen LogP contribution < -0.4 is 0 Å². The number of hydrogen-bond donors (Lipinski definition) is 0.